The van der Waals surface area contributed by atoms with Crippen molar-refractivity contribution in [1.82, 2.24) is 4.90 Å². The molecule has 1 spiro atoms. The van der Waals surface area contributed by atoms with E-state index in [9.17, 15) is 19.5 Å². The summed E-state index contributed by atoms with van der Waals surface area (Å²) in [5.74, 6) is -2.67. The quantitative estimate of drug-likeness (QED) is 0.186. The highest BCUT2D eigenvalue weighted by atomic mass is 79.9. The van der Waals surface area contributed by atoms with Crippen molar-refractivity contribution in [3.05, 3.63) is 41.9 Å². The Labute approximate surface area is 224 Å². The SMILES string of the molecule is C=CCN(C(=O)C1N(CCCCCO)C(=O)[C@@H]2[C@@H](C(=O)OCC)[C@@H]3OC12CC3Br)c1ccccc1Cl. The molecular weight excluding hydrogens is 552 g/mol. The number of carbonyl (C=O) groups excluding carboxylic acids is 3. The van der Waals surface area contributed by atoms with Crippen LogP contribution in [-0.2, 0) is 23.9 Å². The number of carbonyl (C=O) groups is 3. The van der Waals surface area contributed by atoms with E-state index in [1.807, 2.05) is 0 Å². The minimum Gasteiger partial charge on any atom is -0.466 e. The summed E-state index contributed by atoms with van der Waals surface area (Å²) in [7, 11) is 0. The topological polar surface area (TPSA) is 96.4 Å². The summed E-state index contributed by atoms with van der Waals surface area (Å²) >= 11 is 10.1. The van der Waals surface area contributed by atoms with Crippen molar-refractivity contribution in [1.29, 1.82) is 0 Å². The number of rotatable bonds is 11. The largest absolute Gasteiger partial charge is 0.466 e. The summed E-state index contributed by atoms with van der Waals surface area (Å²) in [5.41, 5.74) is -0.649. The van der Waals surface area contributed by atoms with E-state index < -0.39 is 35.6 Å². The fraction of sp³-hybridized carbons (Fsp3) is 0.577. The first kappa shape index (κ1) is 27.1. The van der Waals surface area contributed by atoms with Crippen molar-refractivity contribution in [3.8, 4) is 0 Å². The van der Waals surface area contributed by atoms with Crippen molar-refractivity contribution in [2.75, 3.05) is 31.2 Å². The van der Waals surface area contributed by atoms with Gasteiger partial charge in [-0.1, -0.05) is 45.7 Å². The molecule has 3 fully saturated rings. The number of ether oxygens (including phenoxy) is 2. The summed E-state index contributed by atoms with van der Waals surface area (Å²) in [4.78, 5) is 44.2. The lowest BCUT2D eigenvalue weighted by molar-refractivity contribution is -0.154. The van der Waals surface area contributed by atoms with E-state index in [2.05, 4.69) is 22.5 Å². The number of para-hydroxylation sites is 1. The Bertz CT molecular complexity index is 1020. The Hall–Kier alpha value is -1.94. The third kappa shape index (κ3) is 4.48. The third-order valence-corrected chi connectivity index (χ3v) is 8.52. The van der Waals surface area contributed by atoms with Crippen LogP contribution in [-0.4, -0.2) is 76.7 Å². The van der Waals surface area contributed by atoms with Crippen molar-refractivity contribution < 1.29 is 29.0 Å². The minimum absolute atomic E-state index is 0.0590. The molecule has 0 aliphatic carbocycles. The molecule has 3 heterocycles. The first-order valence-corrected chi connectivity index (χ1v) is 13.7. The van der Waals surface area contributed by atoms with Crippen molar-refractivity contribution in [2.45, 2.75) is 55.2 Å². The zero-order valence-corrected chi connectivity index (χ0v) is 22.6. The maximum atomic E-state index is 14.3. The smallest absolute Gasteiger partial charge is 0.312 e. The van der Waals surface area contributed by atoms with Gasteiger partial charge in [0.1, 0.15) is 11.6 Å². The lowest BCUT2D eigenvalue weighted by Crippen LogP contribution is -2.57. The van der Waals surface area contributed by atoms with Gasteiger partial charge in [0.2, 0.25) is 5.91 Å². The molecule has 3 aliphatic rings. The van der Waals surface area contributed by atoms with Gasteiger partial charge in [-0.05, 0) is 44.7 Å². The van der Waals surface area contributed by atoms with Gasteiger partial charge in [0.05, 0.1) is 35.3 Å². The molecule has 10 heteroatoms. The monoisotopic (exact) mass is 582 g/mol. The lowest BCUT2D eigenvalue weighted by atomic mass is 9.70. The summed E-state index contributed by atoms with van der Waals surface area (Å²) in [6, 6.07) is 6.09. The van der Waals surface area contributed by atoms with E-state index in [4.69, 9.17) is 21.1 Å². The lowest BCUT2D eigenvalue weighted by Gasteiger charge is -2.37. The van der Waals surface area contributed by atoms with Crippen LogP contribution >= 0.6 is 27.5 Å². The number of hydrogen-bond acceptors (Lipinski definition) is 6. The number of amides is 2. The van der Waals surface area contributed by atoms with Gasteiger partial charge in [-0.3, -0.25) is 14.4 Å². The molecule has 0 saturated carbocycles. The average molecular weight is 584 g/mol. The van der Waals surface area contributed by atoms with Gasteiger partial charge in [-0.15, -0.1) is 6.58 Å². The summed E-state index contributed by atoms with van der Waals surface area (Å²) in [6.45, 7) is 6.28. The van der Waals surface area contributed by atoms with E-state index in [-0.39, 0.29) is 36.4 Å². The van der Waals surface area contributed by atoms with Gasteiger partial charge in [0.15, 0.2) is 0 Å². The summed E-state index contributed by atoms with van der Waals surface area (Å²) < 4.78 is 11.8. The van der Waals surface area contributed by atoms with Crippen LogP contribution in [0.15, 0.2) is 36.9 Å². The molecule has 1 aromatic rings. The van der Waals surface area contributed by atoms with Crippen LogP contribution in [0.2, 0.25) is 5.02 Å². The number of halogens is 2. The van der Waals surface area contributed by atoms with Crippen molar-refractivity contribution in [2.24, 2.45) is 11.8 Å². The number of aliphatic hydroxyl groups is 1. The number of esters is 1. The normalized spacial score (nSPS) is 30.4. The zero-order chi connectivity index (χ0) is 26.0. The molecule has 2 bridgehead atoms. The van der Waals surface area contributed by atoms with Crippen LogP contribution in [0.4, 0.5) is 5.69 Å². The second kappa shape index (κ2) is 11.2. The van der Waals surface area contributed by atoms with Crippen LogP contribution in [0.5, 0.6) is 0 Å². The van der Waals surface area contributed by atoms with Crippen molar-refractivity contribution in [3.63, 3.8) is 0 Å². The number of nitrogens with zero attached hydrogens (tertiary/aromatic N) is 2. The van der Waals surface area contributed by atoms with E-state index in [1.165, 1.54) is 4.90 Å². The van der Waals surface area contributed by atoms with E-state index >= 15 is 0 Å². The minimum atomic E-state index is -1.16. The maximum Gasteiger partial charge on any atom is 0.312 e. The predicted molar refractivity (Wildman–Crippen MR) is 139 cm³/mol. The Morgan fingerprint density at radius 1 is 1.36 bits per heavy atom. The number of hydrogen-bond donors (Lipinski definition) is 1. The second-order valence-electron chi connectivity index (χ2n) is 9.42. The molecule has 0 aromatic heterocycles. The number of likely N-dealkylation sites (tertiary alicyclic amines) is 1. The Morgan fingerprint density at radius 2 is 2.11 bits per heavy atom. The Balaban J connectivity index is 1.76. The van der Waals surface area contributed by atoms with Gasteiger partial charge in [-0.2, -0.15) is 0 Å². The first-order valence-electron chi connectivity index (χ1n) is 12.4. The highest BCUT2D eigenvalue weighted by Crippen LogP contribution is 2.60. The molecule has 8 nitrogen and oxygen atoms in total. The molecule has 3 aliphatic heterocycles. The van der Waals surface area contributed by atoms with Gasteiger partial charge in [0.25, 0.3) is 5.91 Å². The molecule has 2 amide bonds. The molecule has 3 saturated heterocycles. The fourth-order valence-electron chi connectivity index (χ4n) is 5.98. The molecular formula is C26H32BrClN2O6. The van der Waals surface area contributed by atoms with Crippen LogP contribution in [0.3, 0.4) is 0 Å². The van der Waals surface area contributed by atoms with Gasteiger partial charge >= 0.3 is 5.97 Å². The zero-order valence-electron chi connectivity index (χ0n) is 20.3. The Morgan fingerprint density at radius 3 is 2.78 bits per heavy atom. The number of unbranched alkanes of at least 4 members (excludes halogenated alkanes) is 2. The van der Waals surface area contributed by atoms with Crippen LogP contribution in [0.1, 0.15) is 32.6 Å². The van der Waals surface area contributed by atoms with E-state index in [0.717, 1.165) is 0 Å². The van der Waals surface area contributed by atoms with Crippen LogP contribution in [0, 0.1) is 11.8 Å². The maximum absolute atomic E-state index is 14.3. The van der Waals surface area contributed by atoms with Gasteiger partial charge < -0.3 is 24.4 Å². The fourth-order valence-corrected chi connectivity index (χ4v) is 7.16. The highest BCUT2D eigenvalue weighted by molar-refractivity contribution is 9.09. The predicted octanol–water partition coefficient (Wildman–Crippen LogP) is 3.33. The number of fused-ring (bicyclic) bond motifs is 1. The van der Waals surface area contributed by atoms with Gasteiger partial charge in [0, 0.05) is 24.5 Å². The molecule has 1 N–H and O–H groups in total. The number of benzene rings is 1. The van der Waals surface area contributed by atoms with Crippen LogP contribution in [0.25, 0.3) is 0 Å². The highest BCUT2D eigenvalue weighted by Gasteiger charge is 2.77. The molecule has 1 aromatic carbocycles. The first-order chi connectivity index (χ1) is 17.3. The molecule has 3 unspecified atom stereocenters. The second-order valence-corrected chi connectivity index (χ2v) is 11.0. The third-order valence-electron chi connectivity index (χ3n) is 7.36. The average Bonchev–Trinajstić information content (AvgIpc) is 3.44. The molecule has 0 radical (unpaired) electrons. The number of aliphatic hydroxyl groups excluding tert-OH is 1. The van der Waals surface area contributed by atoms with Crippen LogP contribution < -0.4 is 4.90 Å². The molecule has 6 atom stereocenters. The summed E-state index contributed by atoms with van der Waals surface area (Å²) in [6.07, 6.45) is 3.38. The Kier molecular flexibility index (Phi) is 8.44. The molecule has 196 valence electrons. The molecule has 36 heavy (non-hydrogen) atoms. The summed E-state index contributed by atoms with van der Waals surface area (Å²) in [5, 5.41) is 9.59. The number of anilines is 1. The van der Waals surface area contributed by atoms with Gasteiger partial charge in [-0.25, -0.2) is 0 Å². The molecule has 4 rings (SSSR count). The van der Waals surface area contributed by atoms with E-state index in [1.54, 1.807) is 42.2 Å². The van der Waals surface area contributed by atoms with Crippen molar-refractivity contribution >= 4 is 51.0 Å². The number of alkyl halides is 1. The standard InChI is InChI=1S/C26H32BrClN2O6/c1-3-12-29(18-11-7-6-10-17(18)28)24(33)22-26-15-16(27)21(36-26)19(25(34)35-4-2)20(26)23(32)30(22)13-8-5-9-14-31/h3,6-7,10-11,16,19-22,31H,1,4-5,8-9,12-15H2,2H3/t16?,19-,20+,21-,22?,26?/m1/s1. The van der Waals surface area contributed by atoms with E-state index in [0.29, 0.717) is 42.9 Å².